The van der Waals surface area contributed by atoms with Crippen LogP contribution in [0.5, 0.6) is 0 Å². The van der Waals surface area contributed by atoms with Crippen molar-refractivity contribution in [1.82, 2.24) is 4.98 Å². The number of aromatic nitrogens is 2. The largest absolute Gasteiger partial charge is 0.536 e. The first-order valence-electron chi connectivity index (χ1n) is 3.74. The third kappa shape index (κ3) is 1.55. The second-order valence-corrected chi connectivity index (χ2v) is 2.47. The molecule has 0 aliphatic heterocycles. The van der Waals surface area contributed by atoms with Crippen LogP contribution in [0.25, 0.3) is 0 Å². The van der Waals surface area contributed by atoms with E-state index in [1.54, 1.807) is 13.0 Å². The van der Waals surface area contributed by atoms with Crippen molar-refractivity contribution in [3.05, 3.63) is 22.2 Å². The zero-order valence-corrected chi connectivity index (χ0v) is 7.09. The van der Waals surface area contributed by atoms with E-state index in [1.165, 1.54) is 0 Å². The summed E-state index contributed by atoms with van der Waals surface area (Å²) in [6.45, 7) is 4.30. The maximum Gasteiger partial charge on any atom is 0.536 e. The smallest absolute Gasteiger partial charge is 0.353 e. The fourth-order valence-electron chi connectivity index (χ4n) is 0.920. The highest BCUT2D eigenvalue weighted by Gasteiger charge is 2.09. The fraction of sp³-hybridized carbons (Fsp3) is 0.429. The van der Waals surface area contributed by atoms with Crippen molar-refractivity contribution < 1.29 is 9.94 Å². The molecule has 5 nitrogen and oxygen atoms in total. The Morgan fingerprint density at radius 2 is 2.42 bits per heavy atom. The molecule has 0 aliphatic carbocycles. The van der Waals surface area contributed by atoms with Crippen LogP contribution in [-0.2, 0) is 0 Å². The van der Waals surface area contributed by atoms with Gasteiger partial charge >= 0.3 is 5.69 Å². The van der Waals surface area contributed by atoms with Gasteiger partial charge in [-0.15, -0.1) is 0 Å². The van der Waals surface area contributed by atoms with Gasteiger partial charge in [0.15, 0.2) is 11.5 Å². The van der Waals surface area contributed by atoms with E-state index in [1.807, 2.05) is 6.92 Å². The molecule has 1 heterocycles. The zero-order valence-electron chi connectivity index (χ0n) is 7.09. The molecule has 0 saturated carbocycles. The van der Waals surface area contributed by atoms with E-state index in [9.17, 15) is 4.79 Å². The number of nitrogens with one attached hydrogen (secondary N) is 2. The molecule has 0 aliphatic rings. The monoisotopic (exact) mass is 170 g/mol. The van der Waals surface area contributed by atoms with Crippen LogP contribution in [0.15, 0.2) is 10.9 Å². The summed E-state index contributed by atoms with van der Waals surface area (Å²) in [5.41, 5.74) is -0.0411. The van der Waals surface area contributed by atoms with E-state index < -0.39 is 5.69 Å². The lowest BCUT2D eigenvalue weighted by molar-refractivity contribution is -0.921. The lowest BCUT2D eigenvalue weighted by atomic mass is 10.4. The van der Waals surface area contributed by atoms with Crippen LogP contribution in [0.2, 0.25) is 0 Å². The molecule has 0 spiro atoms. The maximum absolute atomic E-state index is 11.0. The number of H-pyrrole nitrogens is 1. The van der Waals surface area contributed by atoms with Crippen LogP contribution < -0.4 is 15.7 Å². The molecule has 3 N–H and O–H groups in total. The number of aryl methyl sites for hydroxylation is 1. The number of hydrogen-bond donors (Lipinski definition) is 3. The van der Waals surface area contributed by atoms with Gasteiger partial charge in [-0.2, -0.15) is 9.78 Å². The minimum absolute atomic E-state index is 0.495. The lowest BCUT2D eigenvalue weighted by Gasteiger charge is -1.98. The number of rotatable bonds is 2. The van der Waals surface area contributed by atoms with Gasteiger partial charge in [-0.1, -0.05) is 0 Å². The molecule has 0 amide bonds. The Morgan fingerprint density at radius 3 is 2.92 bits per heavy atom. The van der Waals surface area contributed by atoms with E-state index in [2.05, 4.69) is 10.3 Å². The predicted molar refractivity (Wildman–Crippen MR) is 43.3 cm³/mol. The van der Waals surface area contributed by atoms with Crippen molar-refractivity contribution >= 4 is 5.82 Å². The first-order chi connectivity index (χ1) is 5.65. The summed E-state index contributed by atoms with van der Waals surface area (Å²) < 4.78 is 0.570. The van der Waals surface area contributed by atoms with Crippen molar-refractivity contribution in [3.63, 3.8) is 0 Å². The van der Waals surface area contributed by atoms with Crippen LogP contribution in [0.4, 0.5) is 5.82 Å². The molecule has 0 unspecified atom stereocenters. The summed E-state index contributed by atoms with van der Waals surface area (Å²) in [7, 11) is 0. The maximum atomic E-state index is 11.0. The van der Waals surface area contributed by atoms with Gasteiger partial charge in [0.1, 0.15) is 0 Å². The normalized spacial score (nSPS) is 9.83. The van der Waals surface area contributed by atoms with Gasteiger partial charge in [-0.25, -0.2) is 0 Å². The molecule has 0 fully saturated rings. The molecule has 66 valence electrons. The Bertz CT molecular complexity index is 332. The highest BCUT2D eigenvalue weighted by Crippen LogP contribution is 1.97. The summed E-state index contributed by atoms with van der Waals surface area (Å²) in [6.07, 6.45) is 0. The Kier molecular flexibility index (Phi) is 2.32. The van der Waals surface area contributed by atoms with Crippen molar-refractivity contribution in [2.24, 2.45) is 0 Å². The first kappa shape index (κ1) is 8.58. The molecule has 0 radical (unpaired) electrons. The van der Waals surface area contributed by atoms with Gasteiger partial charge in [0.2, 0.25) is 0 Å². The standard InChI is InChI=1S/C7H11N3O2/c1-3-8-6-4-5(2)10(12)7(11)9-6/h4,12H,3H2,1-2H3,(H,8,9,11)/p+1. The molecule has 1 aromatic rings. The lowest BCUT2D eigenvalue weighted by Crippen LogP contribution is -2.51. The van der Waals surface area contributed by atoms with Gasteiger partial charge in [-0.05, 0) is 11.7 Å². The van der Waals surface area contributed by atoms with Crippen molar-refractivity contribution in [2.45, 2.75) is 13.8 Å². The molecule has 0 bridgehead atoms. The Labute approximate surface area is 69.6 Å². The van der Waals surface area contributed by atoms with Crippen LogP contribution in [0.3, 0.4) is 0 Å². The third-order valence-corrected chi connectivity index (χ3v) is 1.49. The number of nitrogens with zero attached hydrogens (tertiary/aromatic N) is 1. The number of aromatic amines is 1. The SMILES string of the molecule is CCNc1cc(C)[n+](O)c(=O)[nH]1. The van der Waals surface area contributed by atoms with Crippen LogP contribution in [0.1, 0.15) is 12.6 Å². The minimum Gasteiger partial charge on any atom is -0.353 e. The van der Waals surface area contributed by atoms with E-state index in [0.29, 0.717) is 16.2 Å². The molecule has 12 heavy (non-hydrogen) atoms. The molecule has 5 heteroatoms. The van der Waals surface area contributed by atoms with Crippen molar-refractivity contribution in [2.75, 3.05) is 11.9 Å². The first-order valence-corrected chi connectivity index (χ1v) is 3.74. The quantitative estimate of drug-likeness (QED) is 0.419. The number of hydrogen-bond acceptors (Lipinski definition) is 3. The van der Waals surface area contributed by atoms with Gasteiger partial charge in [-0.3, -0.25) is 0 Å². The van der Waals surface area contributed by atoms with E-state index in [-0.39, 0.29) is 0 Å². The van der Waals surface area contributed by atoms with Gasteiger partial charge in [0.25, 0.3) is 0 Å². The van der Waals surface area contributed by atoms with Crippen LogP contribution >= 0.6 is 0 Å². The van der Waals surface area contributed by atoms with Gasteiger partial charge < -0.3 is 10.5 Å². The summed E-state index contributed by atoms with van der Waals surface area (Å²) in [5, 5.41) is 12.0. The Hall–Kier alpha value is -1.52. The van der Waals surface area contributed by atoms with E-state index >= 15 is 0 Å². The summed E-state index contributed by atoms with van der Waals surface area (Å²) >= 11 is 0. The molecule has 0 atom stereocenters. The highest BCUT2D eigenvalue weighted by atomic mass is 16.5. The summed E-state index contributed by atoms with van der Waals surface area (Å²) in [6, 6.07) is 1.66. The summed E-state index contributed by atoms with van der Waals surface area (Å²) in [4.78, 5) is 13.4. The topological polar surface area (TPSA) is 69.0 Å². The second kappa shape index (κ2) is 3.25. The molecule has 0 aromatic carbocycles. The minimum atomic E-state index is -0.536. The molecule has 1 aromatic heterocycles. The molecule has 0 saturated heterocycles. The zero-order chi connectivity index (χ0) is 9.14. The Balaban J connectivity index is 3.13. The second-order valence-electron chi connectivity index (χ2n) is 2.47. The average Bonchev–Trinajstić information content (AvgIpc) is 2.01. The van der Waals surface area contributed by atoms with Crippen molar-refractivity contribution in [3.8, 4) is 0 Å². The van der Waals surface area contributed by atoms with Crippen molar-refractivity contribution in [1.29, 1.82) is 0 Å². The van der Waals surface area contributed by atoms with Crippen LogP contribution in [-0.4, -0.2) is 16.7 Å². The fourth-order valence-corrected chi connectivity index (χ4v) is 0.920. The van der Waals surface area contributed by atoms with Gasteiger partial charge in [0, 0.05) is 19.5 Å². The molecular formula is C7H12N3O2+. The molecule has 1 rings (SSSR count). The average molecular weight is 170 g/mol. The Morgan fingerprint density at radius 1 is 1.75 bits per heavy atom. The van der Waals surface area contributed by atoms with Crippen LogP contribution in [0, 0.1) is 6.92 Å². The number of anilines is 1. The highest BCUT2D eigenvalue weighted by molar-refractivity contribution is 5.32. The predicted octanol–water partition coefficient (Wildman–Crippen LogP) is -0.360. The third-order valence-electron chi connectivity index (χ3n) is 1.49. The summed E-state index contributed by atoms with van der Waals surface area (Å²) in [5.74, 6) is 0.616. The van der Waals surface area contributed by atoms with Gasteiger partial charge in [0.05, 0.1) is 0 Å². The van der Waals surface area contributed by atoms with E-state index in [4.69, 9.17) is 5.21 Å². The van der Waals surface area contributed by atoms with E-state index in [0.717, 1.165) is 6.54 Å². The molecular weight excluding hydrogens is 158 g/mol.